The van der Waals surface area contributed by atoms with Crippen LogP contribution >= 0.6 is 0 Å². The van der Waals surface area contributed by atoms with E-state index in [0.717, 1.165) is 21.9 Å². The zero-order chi connectivity index (χ0) is 15.3. The van der Waals surface area contributed by atoms with Crippen LogP contribution in [0.25, 0.3) is 33.2 Å². The normalized spacial score (nSPS) is 11.4. The van der Waals surface area contributed by atoms with Gasteiger partial charge in [-0.3, -0.25) is 14.3 Å². The minimum absolute atomic E-state index is 0.0468. The number of H-pyrrole nitrogens is 1. The molecule has 22 heavy (non-hydrogen) atoms. The van der Waals surface area contributed by atoms with Gasteiger partial charge in [-0.15, -0.1) is 0 Å². The van der Waals surface area contributed by atoms with Crippen LogP contribution in [-0.4, -0.2) is 14.5 Å². The molecule has 0 fully saturated rings. The second-order valence-corrected chi connectivity index (χ2v) is 5.57. The number of nitrogens with one attached hydrogen (secondary N) is 1. The number of hydrogen-bond acceptors (Lipinski definition) is 2. The van der Waals surface area contributed by atoms with Crippen molar-refractivity contribution in [2.24, 2.45) is 7.05 Å². The van der Waals surface area contributed by atoms with E-state index in [0.29, 0.717) is 11.3 Å². The summed E-state index contributed by atoms with van der Waals surface area (Å²) in [6, 6.07) is 13.8. The topological polar surface area (TPSA) is 50.7 Å². The van der Waals surface area contributed by atoms with Gasteiger partial charge >= 0.3 is 0 Å². The Labute approximate surface area is 127 Å². The molecule has 0 radical (unpaired) electrons. The van der Waals surface area contributed by atoms with Gasteiger partial charge in [0, 0.05) is 29.5 Å². The van der Waals surface area contributed by atoms with Gasteiger partial charge in [0.1, 0.15) is 5.65 Å². The summed E-state index contributed by atoms with van der Waals surface area (Å²) in [7, 11) is 1.79. The first-order valence-electron chi connectivity index (χ1n) is 7.18. The quantitative estimate of drug-likeness (QED) is 0.584. The Morgan fingerprint density at radius 3 is 2.73 bits per heavy atom. The fourth-order valence-electron chi connectivity index (χ4n) is 2.92. The molecule has 0 spiro atoms. The summed E-state index contributed by atoms with van der Waals surface area (Å²) < 4.78 is 1.66. The lowest BCUT2D eigenvalue weighted by Crippen LogP contribution is -2.19. The lowest BCUT2D eigenvalue weighted by Gasteiger charge is -2.05. The number of aromatic nitrogens is 3. The van der Waals surface area contributed by atoms with Crippen molar-refractivity contribution in [2.45, 2.75) is 6.92 Å². The van der Waals surface area contributed by atoms with Crippen molar-refractivity contribution < 1.29 is 0 Å². The number of benzene rings is 1. The average Bonchev–Trinajstić information content (AvgIpc) is 2.90. The predicted octanol–water partition coefficient (Wildman–Crippen LogP) is 3.39. The molecule has 0 unspecified atom stereocenters. The summed E-state index contributed by atoms with van der Waals surface area (Å²) in [5.74, 6) is 0. The van der Waals surface area contributed by atoms with Crippen LogP contribution in [0.2, 0.25) is 0 Å². The molecule has 0 amide bonds. The smallest absolute Gasteiger partial charge is 0.261 e. The molecule has 0 bridgehead atoms. The molecule has 4 aromatic rings. The highest BCUT2D eigenvalue weighted by Crippen LogP contribution is 2.27. The highest BCUT2D eigenvalue weighted by molar-refractivity contribution is 6.07. The fourth-order valence-corrected chi connectivity index (χ4v) is 2.92. The van der Waals surface area contributed by atoms with E-state index in [-0.39, 0.29) is 5.56 Å². The van der Waals surface area contributed by atoms with Gasteiger partial charge in [0.05, 0.1) is 11.3 Å². The van der Waals surface area contributed by atoms with Crippen molar-refractivity contribution in [1.29, 1.82) is 0 Å². The molecule has 0 atom stereocenters. The van der Waals surface area contributed by atoms with Crippen LogP contribution in [0.3, 0.4) is 0 Å². The molecule has 4 heteroatoms. The van der Waals surface area contributed by atoms with E-state index >= 15 is 0 Å². The van der Waals surface area contributed by atoms with Crippen molar-refractivity contribution >= 4 is 21.9 Å². The van der Waals surface area contributed by atoms with Crippen molar-refractivity contribution in [3.63, 3.8) is 0 Å². The molecular weight excluding hydrogens is 274 g/mol. The number of pyridine rings is 2. The fraction of sp³-hybridized carbons (Fsp3) is 0.111. The highest BCUT2D eigenvalue weighted by atomic mass is 16.1. The SMILES string of the molecule is Cc1ccc2[nH]c3c(cc(-c4ccccn4)c(=O)n3C)c2c1. The lowest BCUT2D eigenvalue weighted by molar-refractivity contribution is 0.895. The monoisotopic (exact) mass is 289 g/mol. The van der Waals surface area contributed by atoms with E-state index in [2.05, 4.69) is 35.1 Å². The van der Waals surface area contributed by atoms with Crippen LogP contribution in [0.4, 0.5) is 0 Å². The van der Waals surface area contributed by atoms with Crippen LogP contribution in [0.1, 0.15) is 5.56 Å². The van der Waals surface area contributed by atoms with Crippen molar-refractivity contribution in [2.75, 3.05) is 0 Å². The maximum absolute atomic E-state index is 12.6. The summed E-state index contributed by atoms with van der Waals surface area (Å²) >= 11 is 0. The maximum atomic E-state index is 12.6. The zero-order valence-electron chi connectivity index (χ0n) is 12.4. The van der Waals surface area contributed by atoms with Crippen molar-refractivity contribution in [3.8, 4) is 11.3 Å². The average molecular weight is 289 g/mol. The Balaban J connectivity index is 2.16. The Morgan fingerprint density at radius 1 is 1.09 bits per heavy atom. The molecule has 0 saturated heterocycles. The van der Waals surface area contributed by atoms with Crippen molar-refractivity contribution in [3.05, 3.63) is 64.6 Å². The first kappa shape index (κ1) is 12.8. The van der Waals surface area contributed by atoms with Crippen LogP contribution in [0, 0.1) is 6.92 Å². The Bertz CT molecular complexity index is 1060. The molecule has 3 heterocycles. The minimum atomic E-state index is -0.0468. The summed E-state index contributed by atoms with van der Waals surface area (Å²) in [5.41, 5.74) is 4.35. The summed E-state index contributed by atoms with van der Waals surface area (Å²) in [5, 5.41) is 2.17. The summed E-state index contributed by atoms with van der Waals surface area (Å²) in [4.78, 5) is 20.3. The van der Waals surface area contributed by atoms with E-state index < -0.39 is 0 Å². The standard InChI is InChI=1S/C18H15N3O/c1-11-6-7-16-12(9-11)13-10-14(15-5-3-4-8-19-15)18(22)21(2)17(13)20-16/h3-10,20H,1-2H3. The Morgan fingerprint density at radius 2 is 1.95 bits per heavy atom. The summed E-state index contributed by atoms with van der Waals surface area (Å²) in [6.45, 7) is 2.07. The van der Waals surface area contributed by atoms with Crippen LogP contribution in [0.15, 0.2) is 53.5 Å². The van der Waals surface area contributed by atoms with Gasteiger partial charge in [0.15, 0.2) is 0 Å². The molecule has 0 aliphatic rings. The van der Waals surface area contributed by atoms with Gasteiger partial charge in [0.25, 0.3) is 5.56 Å². The largest absolute Gasteiger partial charge is 0.341 e. The van der Waals surface area contributed by atoms with Crippen LogP contribution < -0.4 is 5.56 Å². The molecule has 4 nitrogen and oxygen atoms in total. The van der Waals surface area contributed by atoms with Gasteiger partial charge in [-0.1, -0.05) is 17.7 Å². The first-order chi connectivity index (χ1) is 10.6. The number of hydrogen-bond donors (Lipinski definition) is 1. The van der Waals surface area contributed by atoms with Gasteiger partial charge < -0.3 is 4.98 Å². The van der Waals surface area contributed by atoms with E-state index in [4.69, 9.17) is 0 Å². The number of aryl methyl sites for hydroxylation is 2. The molecule has 0 aliphatic heterocycles. The molecule has 1 N–H and O–H groups in total. The van der Waals surface area contributed by atoms with Gasteiger partial charge in [-0.05, 0) is 37.3 Å². The maximum Gasteiger partial charge on any atom is 0.261 e. The number of nitrogens with zero attached hydrogens (tertiary/aromatic N) is 2. The molecule has 4 rings (SSSR count). The highest BCUT2D eigenvalue weighted by Gasteiger charge is 2.13. The molecule has 0 saturated carbocycles. The first-order valence-corrected chi connectivity index (χ1v) is 7.18. The Hall–Kier alpha value is -2.88. The molecule has 1 aromatic carbocycles. The molecule has 0 aliphatic carbocycles. The van der Waals surface area contributed by atoms with Gasteiger partial charge in [-0.2, -0.15) is 0 Å². The van der Waals surface area contributed by atoms with E-state index in [9.17, 15) is 4.79 Å². The molecule has 108 valence electrons. The number of fused-ring (bicyclic) bond motifs is 3. The van der Waals surface area contributed by atoms with E-state index in [1.54, 1.807) is 17.8 Å². The Kier molecular flexibility index (Phi) is 2.66. The third kappa shape index (κ3) is 1.77. The molecule has 3 aromatic heterocycles. The van der Waals surface area contributed by atoms with Crippen LogP contribution in [-0.2, 0) is 7.05 Å². The number of rotatable bonds is 1. The second kappa shape index (κ2) is 4.56. The molecular formula is C18H15N3O. The zero-order valence-corrected chi connectivity index (χ0v) is 12.4. The summed E-state index contributed by atoms with van der Waals surface area (Å²) in [6.07, 6.45) is 1.71. The predicted molar refractivity (Wildman–Crippen MR) is 89.0 cm³/mol. The minimum Gasteiger partial charge on any atom is -0.341 e. The van der Waals surface area contributed by atoms with Crippen LogP contribution in [0.5, 0.6) is 0 Å². The van der Waals surface area contributed by atoms with Gasteiger partial charge in [0.2, 0.25) is 0 Å². The second-order valence-electron chi connectivity index (χ2n) is 5.57. The number of aromatic amines is 1. The van der Waals surface area contributed by atoms with E-state index in [1.165, 1.54) is 5.56 Å². The third-order valence-electron chi connectivity index (χ3n) is 4.07. The van der Waals surface area contributed by atoms with Crippen molar-refractivity contribution in [1.82, 2.24) is 14.5 Å². The van der Waals surface area contributed by atoms with Gasteiger partial charge in [-0.25, -0.2) is 0 Å². The lowest BCUT2D eigenvalue weighted by atomic mass is 10.1. The van der Waals surface area contributed by atoms with E-state index in [1.807, 2.05) is 24.3 Å². The third-order valence-corrected chi connectivity index (χ3v) is 4.07.